The van der Waals surface area contributed by atoms with Crippen LogP contribution in [-0.4, -0.2) is 14.7 Å². The summed E-state index contributed by atoms with van der Waals surface area (Å²) in [6.07, 6.45) is 0. The van der Waals surface area contributed by atoms with Gasteiger partial charge in [0.1, 0.15) is 0 Å². The predicted molar refractivity (Wildman–Crippen MR) is 81.8 cm³/mol. The van der Waals surface area contributed by atoms with Crippen molar-refractivity contribution < 1.29 is 4.74 Å². The molecule has 0 heterocycles. The number of rotatable bonds is 5. The van der Waals surface area contributed by atoms with Gasteiger partial charge in [-0.1, -0.05) is 62.1 Å². The summed E-state index contributed by atoms with van der Waals surface area (Å²) in [5, 5.41) is 2.61. The fourth-order valence-corrected chi connectivity index (χ4v) is 2.74. The SMILES string of the molecule is C[Si](C)(C)CCOCc1cccc2ccccc12. The zero-order chi connectivity index (χ0) is 13.0. The van der Waals surface area contributed by atoms with Crippen LogP contribution in [-0.2, 0) is 11.3 Å². The molecule has 0 fully saturated rings. The van der Waals surface area contributed by atoms with Gasteiger partial charge in [0.15, 0.2) is 0 Å². The summed E-state index contributed by atoms with van der Waals surface area (Å²) in [4.78, 5) is 0. The van der Waals surface area contributed by atoms with Gasteiger partial charge in [0.05, 0.1) is 6.61 Å². The van der Waals surface area contributed by atoms with E-state index in [2.05, 4.69) is 62.1 Å². The van der Waals surface area contributed by atoms with Gasteiger partial charge in [0.2, 0.25) is 0 Å². The van der Waals surface area contributed by atoms with E-state index >= 15 is 0 Å². The summed E-state index contributed by atoms with van der Waals surface area (Å²) >= 11 is 0. The highest BCUT2D eigenvalue weighted by molar-refractivity contribution is 6.76. The van der Waals surface area contributed by atoms with Gasteiger partial charge < -0.3 is 4.74 Å². The maximum atomic E-state index is 5.84. The Morgan fingerprint density at radius 2 is 1.67 bits per heavy atom. The predicted octanol–water partition coefficient (Wildman–Crippen LogP) is 4.69. The summed E-state index contributed by atoms with van der Waals surface area (Å²) in [6, 6.07) is 16.2. The maximum absolute atomic E-state index is 5.84. The Kier molecular flexibility index (Phi) is 4.20. The van der Waals surface area contributed by atoms with Crippen molar-refractivity contribution in [1.82, 2.24) is 0 Å². The number of benzene rings is 2. The monoisotopic (exact) mass is 258 g/mol. The van der Waals surface area contributed by atoms with Gasteiger partial charge in [-0.2, -0.15) is 0 Å². The molecule has 2 aromatic carbocycles. The highest BCUT2D eigenvalue weighted by Gasteiger charge is 2.12. The maximum Gasteiger partial charge on any atom is 0.0722 e. The Morgan fingerprint density at radius 3 is 2.44 bits per heavy atom. The lowest BCUT2D eigenvalue weighted by Crippen LogP contribution is -2.21. The Bertz CT molecular complexity index is 508. The topological polar surface area (TPSA) is 9.23 Å². The molecule has 1 nitrogen and oxygen atoms in total. The van der Waals surface area contributed by atoms with Crippen molar-refractivity contribution in [3.63, 3.8) is 0 Å². The first-order valence-electron chi connectivity index (χ1n) is 6.61. The van der Waals surface area contributed by atoms with Crippen LogP contribution in [0.2, 0.25) is 25.7 Å². The summed E-state index contributed by atoms with van der Waals surface area (Å²) in [5.41, 5.74) is 1.30. The van der Waals surface area contributed by atoms with Crippen molar-refractivity contribution in [3.05, 3.63) is 48.0 Å². The van der Waals surface area contributed by atoms with Crippen LogP contribution in [0, 0.1) is 0 Å². The average Bonchev–Trinajstić information content (AvgIpc) is 2.33. The molecule has 96 valence electrons. The number of hydrogen-bond donors (Lipinski definition) is 0. The fraction of sp³-hybridized carbons (Fsp3) is 0.375. The Balaban J connectivity index is 2.00. The molecule has 0 aromatic heterocycles. The van der Waals surface area contributed by atoms with Crippen molar-refractivity contribution in [3.8, 4) is 0 Å². The molecule has 2 rings (SSSR count). The van der Waals surface area contributed by atoms with Crippen LogP contribution in [0.15, 0.2) is 42.5 Å². The number of fused-ring (bicyclic) bond motifs is 1. The molecule has 0 aliphatic rings. The molecular weight excluding hydrogens is 236 g/mol. The summed E-state index contributed by atoms with van der Waals surface area (Å²) in [5.74, 6) is 0. The van der Waals surface area contributed by atoms with Crippen molar-refractivity contribution in [2.45, 2.75) is 32.3 Å². The van der Waals surface area contributed by atoms with Crippen LogP contribution in [0.5, 0.6) is 0 Å². The molecule has 0 N–H and O–H groups in total. The molecule has 0 saturated heterocycles. The third kappa shape index (κ3) is 3.69. The average molecular weight is 258 g/mol. The fourth-order valence-electron chi connectivity index (χ4n) is 1.98. The molecule has 0 radical (unpaired) electrons. The smallest absolute Gasteiger partial charge is 0.0722 e. The first kappa shape index (κ1) is 13.3. The van der Waals surface area contributed by atoms with E-state index in [0.29, 0.717) is 0 Å². The summed E-state index contributed by atoms with van der Waals surface area (Å²) < 4.78 is 5.84. The molecule has 0 atom stereocenters. The molecule has 0 saturated carbocycles. The summed E-state index contributed by atoms with van der Waals surface area (Å²) in [7, 11) is -0.974. The zero-order valence-electron chi connectivity index (χ0n) is 11.6. The first-order valence-corrected chi connectivity index (χ1v) is 10.3. The van der Waals surface area contributed by atoms with E-state index < -0.39 is 8.07 Å². The minimum atomic E-state index is -0.974. The third-order valence-electron chi connectivity index (χ3n) is 3.13. The van der Waals surface area contributed by atoms with Crippen molar-refractivity contribution >= 4 is 18.8 Å². The Labute approximate surface area is 111 Å². The lowest BCUT2D eigenvalue weighted by Gasteiger charge is -2.15. The highest BCUT2D eigenvalue weighted by atomic mass is 28.3. The molecule has 0 aliphatic heterocycles. The summed E-state index contributed by atoms with van der Waals surface area (Å²) in [6.45, 7) is 8.77. The van der Waals surface area contributed by atoms with E-state index in [1.807, 2.05) is 0 Å². The largest absolute Gasteiger partial charge is 0.377 e. The van der Waals surface area contributed by atoms with Crippen LogP contribution < -0.4 is 0 Å². The van der Waals surface area contributed by atoms with E-state index in [1.165, 1.54) is 22.4 Å². The van der Waals surface area contributed by atoms with Crippen molar-refractivity contribution in [2.75, 3.05) is 6.61 Å². The first-order chi connectivity index (χ1) is 8.56. The van der Waals surface area contributed by atoms with E-state index in [4.69, 9.17) is 4.74 Å². The van der Waals surface area contributed by atoms with Crippen LogP contribution in [0.4, 0.5) is 0 Å². The van der Waals surface area contributed by atoms with Gasteiger partial charge in [0, 0.05) is 14.7 Å². The molecule has 0 bridgehead atoms. The minimum Gasteiger partial charge on any atom is -0.377 e. The highest BCUT2D eigenvalue weighted by Crippen LogP contribution is 2.19. The Morgan fingerprint density at radius 1 is 0.944 bits per heavy atom. The zero-order valence-corrected chi connectivity index (χ0v) is 12.6. The lowest BCUT2D eigenvalue weighted by molar-refractivity contribution is 0.134. The number of hydrogen-bond acceptors (Lipinski definition) is 1. The standard InChI is InChI=1S/C16H22OSi/c1-18(2,3)12-11-17-13-15-9-6-8-14-7-4-5-10-16(14)15/h4-10H,11-13H2,1-3H3. The normalized spacial score (nSPS) is 11.9. The molecule has 0 spiro atoms. The van der Waals surface area contributed by atoms with Crippen molar-refractivity contribution in [1.29, 1.82) is 0 Å². The van der Waals surface area contributed by atoms with E-state index in [9.17, 15) is 0 Å². The van der Waals surface area contributed by atoms with Gasteiger partial charge >= 0.3 is 0 Å². The van der Waals surface area contributed by atoms with Crippen LogP contribution >= 0.6 is 0 Å². The van der Waals surface area contributed by atoms with Gasteiger partial charge in [-0.25, -0.2) is 0 Å². The number of ether oxygens (including phenoxy) is 1. The second-order valence-electron chi connectivity index (χ2n) is 6.00. The second kappa shape index (κ2) is 5.68. The molecular formula is C16H22OSi. The van der Waals surface area contributed by atoms with Gasteiger partial charge in [-0.05, 0) is 22.4 Å². The minimum absolute atomic E-state index is 0.728. The van der Waals surface area contributed by atoms with Gasteiger partial charge in [-0.15, -0.1) is 0 Å². The van der Waals surface area contributed by atoms with Crippen molar-refractivity contribution in [2.24, 2.45) is 0 Å². The van der Waals surface area contributed by atoms with Gasteiger partial charge in [-0.3, -0.25) is 0 Å². The van der Waals surface area contributed by atoms with E-state index in [-0.39, 0.29) is 0 Å². The van der Waals surface area contributed by atoms with Crippen LogP contribution in [0.1, 0.15) is 5.56 Å². The molecule has 2 heteroatoms. The molecule has 0 unspecified atom stereocenters. The second-order valence-corrected chi connectivity index (χ2v) is 11.6. The van der Waals surface area contributed by atoms with E-state index in [0.717, 1.165) is 13.2 Å². The molecule has 0 aliphatic carbocycles. The Hall–Kier alpha value is -1.12. The third-order valence-corrected chi connectivity index (χ3v) is 4.84. The molecule has 2 aromatic rings. The lowest BCUT2D eigenvalue weighted by atomic mass is 10.1. The molecule has 0 amide bonds. The quantitative estimate of drug-likeness (QED) is 0.558. The van der Waals surface area contributed by atoms with Gasteiger partial charge in [0.25, 0.3) is 0 Å². The van der Waals surface area contributed by atoms with E-state index in [1.54, 1.807) is 0 Å². The molecule has 18 heavy (non-hydrogen) atoms. The van der Waals surface area contributed by atoms with Crippen LogP contribution in [0.3, 0.4) is 0 Å². The van der Waals surface area contributed by atoms with Crippen LogP contribution in [0.25, 0.3) is 10.8 Å².